The molecule has 2 rings (SSSR count). The molecule has 0 aromatic heterocycles. The minimum absolute atomic E-state index is 0.546. The molecule has 0 aromatic carbocycles. The van der Waals surface area contributed by atoms with Gasteiger partial charge >= 0.3 is 0 Å². The van der Waals surface area contributed by atoms with Crippen LogP contribution in [0.25, 0.3) is 0 Å². The van der Waals surface area contributed by atoms with E-state index in [0.29, 0.717) is 4.75 Å². The zero-order valence-electron chi connectivity index (χ0n) is 10.8. The molecule has 1 N–H and O–H groups in total. The zero-order chi connectivity index (χ0) is 11.3. The van der Waals surface area contributed by atoms with Gasteiger partial charge in [-0.1, -0.05) is 25.7 Å². The first-order chi connectivity index (χ1) is 7.79. The van der Waals surface area contributed by atoms with Crippen molar-refractivity contribution in [2.75, 3.05) is 18.8 Å². The van der Waals surface area contributed by atoms with Crippen molar-refractivity contribution in [3.05, 3.63) is 0 Å². The summed E-state index contributed by atoms with van der Waals surface area (Å²) in [4.78, 5) is 0. The predicted octanol–water partition coefficient (Wildman–Crippen LogP) is 3.83. The Labute approximate surface area is 105 Å². The standard InChI is InChI=1S/C14H27NS/c1-14(9-6-10-16-14)12-15-11-13-7-4-2-3-5-8-13/h13,15H,2-12H2,1H3. The first-order valence-electron chi connectivity index (χ1n) is 7.13. The highest BCUT2D eigenvalue weighted by molar-refractivity contribution is 8.00. The molecule has 94 valence electrons. The Morgan fingerprint density at radius 2 is 1.88 bits per heavy atom. The molecule has 1 saturated heterocycles. The van der Waals surface area contributed by atoms with Crippen LogP contribution in [0.3, 0.4) is 0 Å². The van der Waals surface area contributed by atoms with Gasteiger partial charge < -0.3 is 5.32 Å². The van der Waals surface area contributed by atoms with Crippen LogP contribution in [-0.2, 0) is 0 Å². The molecular formula is C14H27NS. The Kier molecular flexibility index (Phi) is 5.02. The minimum Gasteiger partial charge on any atom is -0.315 e. The summed E-state index contributed by atoms with van der Waals surface area (Å²) >= 11 is 2.17. The lowest BCUT2D eigenvalue weighted by atomic mass is 9.99. The van der Waals surface area contributed by atoms with Crippen molar-refractivity contribution in [3.63, 3.8) is 0 Å². The van der Waals surface area contributed by atoms with Crippen LogP contribution in [0.15, 0.2) is 0 Å². The Morgan fingerprint density at radius 3 is 2.50 bits per heavy atom. The van der Waals surface area contributed by atoms with E-state index in [4.69, 9.17) is 0 Å². The summed E-state index contributed by atoms with van der Waals surface area (Å²) < 4.78 is 0.546. The van der Waals surface area contributed by atoms with Crippen LogP contribution in [-0.4, -0.2) is 23.6 Å². The van der Waals surface area contributed by atoms with Gasteiger partial charge in [0, 0.05) is 11.3 Å². The lowest BCUT2D eigenvalue weighted by molar-refractivity contribution is 0.410. The van der Waals surface area contributed by atoms with Crippen molar-refractivity contribution in [2.24, 2.45) is 5.92 Å². The van der Waals surface area contributed by atoms with E-state index in [2.05, 4.69) is 24.0 Å². The maximum atomic E-state index is 3.74. The Morgan fingerprint density at radius 1 is 1.12 bits per heavy atom. The number of hydrogen-bond donors (Lipinski definition) is 1. The molecule has 2 heteroatoms. The summed E-state index contributed by atoms with van der Waals surface area (Å²) in [5, 5.41) is 3.74. The largest absolute Gasteiger partial charge is 0.315 e. The van der Waals surface area contributed by atoms with Crippen LogP contribution in [0.4, 0.5) is 0 Å². The van der Waals surface area contributed by atoms with Gasteiger partial charge in [0.25, 0.3) is 0 Å². The summed E-state index contributed by atoms with van der Waals surface area (Å²) in [5.74, 6) is 2.35. The van der Waals surface area contributed by atoms with Gasteiger partial charge in [0.2, 0.25) is 0 Å². The normalized spacial score (nSPS) is 32.8. The summed E-state index contributed by atoms with van der Waals surface area (Å²) in [5.41, 5.74) is 0. The summed E-state index contributed by atoms with van der Waals surface area (Å²) in [6, 6.07) is 0. The van der Waals surface area contributed by atoms with E-state index in [-0.39, 0.29) is 0 Å². The molecule has 1 atom stereocenters. The van der Waals surface area contributed by atoms with Crippen molar-refractivity contribution in [1.29, 1.82) is 0 Å². The monoisotopic (exact) mass is 241 g/mol. The van der Waals surface area contributed by atoms with Gasteiger partial charge in [-0.25, -0.2) is 0 Å². The van der Waals surface area contributed by atoms with Gasteiger partial charge in [-0.05, 0) is 50.8 Å². The molecule has 0 aromatic rings. The molecule has 1 aliphatic heterocycles. The lowest BCUT2D eigenvalue weighted by Gasteiger charge is -2.24. The average molecular weight is 241 g/mol. The second kappa shape index (κ2) is 6.30. The van der Waals surface area contributed by atoms with E-state index in [1.807, 2.05) is 0 Å². The molecule has 16 heavy (non-hydrogen) atoms. The zero-order valence-corrected chi connectivity index (χ0v) is 11.6. The molecule has 0 amide bonds. The van der Waals surface area contributed by atoms with Gasteiger partial charge in [0.1, 0.15) is 0 Å². The van der Waals surface area contributed by atoms with E-state index in [1.165, 1.54) is 70.2 Å². The van der Waals surface area contributed by atoms with Gasteiger partial charge in [0.05, 0.1) is 0 Å². The van der Waals surface area contributed by atoms with Crippen LogP contribution >= 0.6 is 11.8 Å². The van der Waals surface area contributed by atoms with Crippen molar-refractivity contribution in [1.82, 2.24) is 5.32 Å². The molecule has 2 aliphatic rings. The second-order valence-corrected chi connectivity index (χ2v) is 7.57. The number of thioether (sulfide) groups is 1. The molecule has 0 bridgehead atoms. The smallest absolute Gasteiger partial charge is 0.0256 e. The molecule has 2 fully saturated rings. The molecule has 1 aliphatic carbocycles. The molecule has 1 saturated carbocycles. The molecule has 1 unspecified atom stereocenters. The molecule has 1 nitrogen and oxygen atoms in total. The quantitative estimate of drug-likeness (QED) is 0.751. The maximum absolute atomic E-state index is 3.74. The fraction of sp³-hybridized carbons (Fsp3) is 1.00. The fourth-order valence-electron chi connectivity index (χ4n) is 3.09. The van der Waals surface area contributed by atoms with E-state index in [1.54, 1.807) is 0 Å². The van der Waals surface area contributed by atoms with Gasteiger partial charge in [-0.15, -0.1) is 0 Å². The highest BCUT2D eigenvalue weighted by Gasteiger charge is 2.28. The summed E-state index contributed by atoms with van der Waals surface area (Å²) in [6.45, 7) is 4.94. The first kappa shape index (κ1) is 12.8. The second-order valence-electron chi connectivity index (χ2n) is 5.89. The number of rotatable bonds is 4. The third kappa shape index (κ3) is 3.96. The third-order valence-electron chi connectivity index (χ3n) is 4.21. The first-order valence-corrected chi connectivity index (χ1v) is 8.12. The summed E-state index contributed by atoms with van der Waals surface area (Å²) in [6.07, 6.45) is 11.7. The van der Waals surface area contributed by atoms with Crippen LogP contribution < -0.4 is 5.32 Å². The fourth-order valence-corrected chi connectivity index (χ4v) is 4.36. The molecule has 0 spiro atoms. The third-order valence-corrected chi connectivity index (χ3v) is 5.75. The topological polar surface area (TPSA) is 12.0 Å². The minimum atomic E-state index is 0.546. The van der Waals surface area contributed by atoms with E-state index in [9.17, 15) is 0 Å². The Bertz CT molecular complexity index is 191. The summed E-state index contributed by atoms with van der Waals surface area (Å²) in [7, 11) is 0. The van der Waals surface area contributed by atoms with Gasteiger partial charge in [-0.2, -0.15) is 11.8 Å². The molecular weight excluding hydrogens is 214 g/mol. The van der Waals surface area contributed by atoms with E-state index < -0.39 is 0 Å². The van der Waals surface area contributed by atoms with Crippen molar-refractivity contribution < 1.29 is 0 Å². The Balaban J connectivity index is 1.62. The SMILES string of the molecule is CC1(CNCC2CCCCCC2)CCCS1. The average Bonchev–Trinajstić information content (AvgIpc) is 2.53. The maximum Gasteiger partial charge on any atom is 0.0256 e. The number of nitrogens with one attached hydrogen (secondary N) is 1. The van der Waals surface area contributed by atoms with E-state index >= 15 is 0 Å². The van der Waals surface area contributed by atoms with Crippen molar-refractivity contribution in [3.8, 4) is 0 Å². The van der Waals surface area contributed by atoms with E-state index in [0.717, 1.165) is 5.92 Å². The number of hydrogen-bond acceptors (Lipinski definition) is 2. The highest BCUT2D eigenvalue weighted by Crippen LogP contribution is 2.37. The Hall–Kier alpha value is 0.310. The highest BCUT2D eigenvalue weighted by atomic mass is 32.2. The molecule has 1 heterocycles. The molecule has 0 radical (unpaired) electrons. The van der Waals surface area contributed by atoms with Crippen molar-refractivity contribution >= 4 is 11.8 Å². The lowest BCUT2D eigenvalue weighted by Crippen LogP contribution is -2.35. The predicted molar refractivity (Wildman–Crippen MR) is 74.2 cm³/mol. The van der Waals surface area contributed by atoms with Crippen LogP contribution in [0.2, 0.25) is 0 Å². The van der Waals surface area contributed by atoms with Crippen LogP contribution in [0, 0.1) is 5.92 Å². The van der Waals surface area contributed by atoms with Crippen LogP contribution in [0.5, 0.6) is 0 Å². The van der Waals surface area contributed by atoms with Crippen molar-refractivity contribution in [2.45, 2.75) is 63.0 Å². The van der Waals surface area contributed by atoms with Gasteiger partial charge in [-0.3, -0.25) is 0 Å². The van der Waals surface area contributed by atoms with Crippen LogP contribution in [0.1, 0.15) is 58.3 Å². The van der Waals surface area contributed by atoms with Gasteiger partial charge in [0.15, 0.2) is 0 Å².